The minimum atomic E-state index is -0.701. The first kappa shape index (κ1) is 17.9. The van der Waals surface area contributed by atoms with E-state index in [9.17, 15) is 14.7 Å². The molecule has 1 unspecified atom stereocenters. The summed E-state index contributed by atoms with van der Waals surface area (Å²) in [6, 6.07) is 1.86. The molecule has 1 aromatic rings. The standard InChI is InChI=1S/C18H28N4O3/c1-17(2)9-18(17,11-23)10-19-15(24)16(25)20-14-8-13(21-22(14)3)12-6-4-5-7-12/h8,12,23H,4-7,9-11H2,1-3H3,(H,19,24)(H,20,25). The van der Waals surface area contributed by atoms with Gasteiger partial charge in [0.1, 0.15) is 5.82 Å². The molecule has 0 saturated heterocycles. The molecule has 7 heteroatoms. The molecule has 0 aliphatic heterocycles. The second-order valence-corrected chi connectivity index (χ2v) is 8.20. The van der Waals surface area contributed by atoms with E-state index < -0.39 is 11.8 Å². The summed E-state index contributed by atoms with van der Waals surface area (Å²) in [5, 5.41) is 19.3. The Kier molecular flexibility index (Phi) is 4.62. The number of nitrogens with zero attached hydrogens (tertiary/aromatic N) is 2. The summed E-state index contributed by atoms with van der Waals surface area (Å²) in [7, 11) is 1.76. The minimum absolute atomic E-state index is 0.00831. The molecule has 2 amide bonds. The van der Waals surface area contributed by atoms with Crippen LogP contribution < -0.4 is 10.6 Å². The van der Waals surface area contributed by atoms with Crippen molar-refractivity contribution in [3.8, 4) is 0 Å². The fraction of sp³-hybridized carbons (Fsp3) is 0.722. The Hall–Kier alpha value is -1.89. The van der Waals surface area contributed by atoms with Gasteiger partial charge in [0.25, 0.3) is 0 Å². The van der Waals surface area contributed by atoms with Crippen LogP contribution in [0.15, 0.2) is 6.07 Å². The van der Waals surface area contributed by atoms with Crippen LogP contribution in [0.5, 0.6) is 0 Å². The predicted molar refractivity (Wildman–Crippen MR) is 94.0 cm³/mol. The number of rotatable bonds is 5. The van der Waals surface area contributed by atoms with Gasteiger partial charge in [0.05, 0.1) is 12.3 Å². The first-order valence-corrected chi connectivity index (χ1v) is 9.02. The van der Waals surface area contributed by atoms with E-state index in [-0.39, 0.29) is 17.4 Å². The Morgan fingerprint density at radius 3 is 2.52 bits per heavy atom. The topological polar surface area (TPSA) is 96.2 Å². The summed E-state index contributed by atoms with van der Waals surface area (Å²) in [5.41, 5.74) is 0.657. The summed E-state index contributed by atoms with van der Waals surface area (Å²) in [6.07, 6.45) is 5.53. The van der Waals surface area contributed by atoms with Gasteiger partial charge >= 0.3 is 11.8 Å². The molecule has 0 radical (unpaired) electrons. The highest BCUT2D eigenvalue weighted by Gasteiger charge is 2.60. The molecule has 3 rings (SSSR count). The van der Waals surface area contributed by atoms with E-state index in [0.29, 0.717) is 18.3 Å². The van der Waals surface area contributed by atoms with E-state index >= 15 is 0 Å². The van der Waals surface area contributed by atoms with Crippen LogP contribution in [0, 0.1) is 10.8 Å². The van der Waals surface area contributed by atoms with E-state index in [2.05, 4.69) is 29.6 Å². The Balaban J connectivity index is 1.56. The molecule has 1 heterocycles. The second kappa shape index (κ2) is 6.44. The lowest BCUT2D eigenvalue weighted by Crippen LogP contribution is -2.40. The molecule has 0 spiro atoms. The average molecular weight is 348 g/mol. The third kappa shape index (κ3) is 3.42. The zero-order valence-electron chi connectivity index (χ0n) is 15.3. The molecule has 0 aromatic carbocycles. The monoisotopic (exact) mass is 348 g/mol. The lowest BCUT2D eigenvalue weighted by Gasteiger charge is -2.18. The molecule has 2 fully saturated rings. The smallest absolute Gasteiger partial charge is 0.314 e. The van der Waals surface area contributed by atoms with Gasteiger partial charge in [-0.25, -0.2) is 0 Å². The van der Waals surface area contributed by atoms with Gasteiger partial charge in [0, 0.05) is 31.0 Å². The van der Waals surface area contributed by atoms with Crippen LogP contribution in [0.2, 0.25) is 0 Å². The van der Waals surface area contributed by atoms with E-state index in [1.165, 1.54) is 12.8 Å². The van der Waals surface area contributed by atoms with Crippen LogP contribution in [0.1, 0.15) is 57.6 Å². The Labute approximate surface area is 148 Å². The van der Waals surface area contributed by atoms with Crippen LogP contribution in [0.3, 0.4) is 0 Å². The van der Waals surface area contributed by atoms with Crippen molar-refractivity contribution >= 4 is 17.6 Å². The number of hydrogen-bond acceptors (Lipinski definition) is 4. The van der Waals surface area contributed by atoms with Gasteiger partial charge in [-0.15, -0.1) is 0 Å². The lowest BCUT2D eigenvalue weighted by atomic mass is 9.97. The van der Waals surface area contributed by atoms with Crippen molar-refractivity contribution in [1.82, 2.24) is 15.1 Å². The molecular formula is C18H28N4O3. The van der Waals surface area contributed by atoms with Gasteiger partial charge in [0.15, 0.2) is 0 Å². The number of aryl methyl sites for hydroxylation is 1. The van der Waals surface area contributed by atoms with Crippen molar-refractivity contribution in [3.05, 3.63) is 11.8 Å². The molecule has 2 aliphatic carbocycles. The van der Waals surface area contributed by atoms with Crippen molar-refractivity contribution in [2.45, 2.75) is 51.9 Å². The summed E-state index contributed by atoms with van der Waals surface area (Å²) >= 11 is 0. The maximum atomic E-state index is 12.2. The molecule has 2 saturated carbocycles. The normalized spacial score (nSPS) is 25.0. The molecule has 25 heavy (non-hydrogen) atoms. The van der Waals surface area contributed by atoms with Crippen molar-refractivity contribution < 1.29 is 14.7 Å². The summed E-state index contributed by atoms with van der Waals surface area (Å²) in [4.78, 5) is 24.2. The number of nitrogens with one attached hydrogen (secondary N) is 2. The first-order chi connectivity index (χ1) is 11.8. The van der Waals surface area contributed by atoms with Gasteiger partial charge in [-0.3, -0.25) is 14.3 Å². The average Bonchev–Trinajstić information content (AvgIpc) is 2.99. The third-order valence-electron chi connectivity index (χ3n) is 6.10. The first-order valence-electron chi connectivity index (χ1n) is 9.02. The number of carbonyl (C=O) groups excluding carboxylic acids is 2. The van der Waals surface area contributed by atoms with E-state index in [1.807, 2.05) is 6.07 Å². The van der Waals surface area contributed by atoms with Crippen LogP contribution in [0.4, 0.5) is 5.82 Å². The Bertz CT molecular complexity index is 676. The van der Waals surface area contributed by atoms with Crippen molar-refractivity contribution in [2.75, 3.05) is 18.5 Å². The van der Waals surface area contributed by atoms with Gasteiger partial charge in [0.2, 0.25) is 0 Å². The van der Waals surface area contributed by atoms with E-state index in [1.54, 1.807) is 11.7 Å². The molecular weight excluding hydrogens is 320 g/mol. The number of aromatic nitrogens is 2. The van der Waals surface area contributed by atoms with E-state index in [0.717, 1.165) is 25.0 Å². The number of hydrogen-bond donors (Lipinski definition) is 3. The van der Waals surface area contributed by atoms with Crippen molar-refractivity contribution in [1.29, 1.82) is 0 Å². The highest BCUT2D eigenvalue weighted by molar-refractivity contribution is 6.39. The van der Waals surface area contributed by atoms with Crippen molar-refractivity contribution in [3.63, 3.8) is 0 Å². The molecule has 1 atom stereocenters. The molecule has 1 aromatic heterocycles. The maximum absolute atomic E-state index is 12.2. The van der Waals surface area contributed by atoms with Crippen LogP contribution >= 0.6 is 0 Å². The van der Waals surface area contributed by atoms with Gasteiger partial charge < -0.3 is 15.7 Å². The number of amides is 2. The summed E-state index contributed by atoms with van der Waals surface area (Å²) in [5.74, 6) is -0.399. The molecule has 3 N–H and O–H groups in total. The Morgan fingerprint density at radius 2 is 1.96 bits per heavy atom. The zero-order valence-corrected chi connectivity index (χ0v) is 15.3. The number of carbonyl (C=O) groups is 2. The van der Waals surface area contributed by atoms with Crippen molar-refractivity contribution in [2.24, 2.45) is 17.9 Å². The summed E-state index contributed by atoms with van der Waals surface area (Å²) < 4.78 is 1.61. The molecule has 7 nitrogen and oxygen atoms in total. The molecule has 0 bridgehead atoms. The van der Waals surface area contributed by atoms with Gasteiger partial charge in [-0.2, -0.15) is 5.10 Å². The number of anilines is 1. The predicted octanol–water partition coefficient (Wildman–Crippen LogP) is 1.54. The highest BCUT2D eigenvalue weighted by atomic mass is 16.3. The minimum Gasteiger partial charge on any atom is -0.396 e. The summed E-state index contributed by atoms with van der Waals surface area (Å²) in [6.45, 7) is 4.42. The second-order valence-electron chi connectivity index (χ2n) is 8.20. The number of aliphatic hydroxyl groups excluding tert-OH is 1. The van der Waals surface area contributed by atoms with Gasteiger partial charge in [-0.05, 0) is 24.7 Å². The third-order valence-corrected chi connectivity index (χ3v) is 6.10. The maximum Gasteiger partial charge on any atom is 0.314 e. The van der Waals surface area contributed by atoms with Gasteiger partial charge in [-0.1, -0.05) is 26.7 Å². The fourth-order valence-electron chi connectivity index (χ4n) is 3.96. The molecule has 2 aliphatic rings. The van der Waals surface area contributed by atoms with Crippen LogP contribution in [-0.2, 0) is 16.6 Å². The van der Waals surface area contributed by atoms with E-state index in [4.69, 9.17) is 0 Å². The largest absolute Gasteiger partial charge is 0.396 e. The van der Waals surface area contributed by atoms with Crippen LogP contribution in [-0.4, -0.2) is 39.9 Å². The molecule has 138 valence electrons. The highest BCUT2D eigenvalue weighted by Crippen LogP contribution is 2.62. The number of aliphatic hydroxyl groups is 1. The van der Waals surface area contributed by atoms with Crippen LogP contribution in [0.25, 0.3) is 0 Å². The quantitative estimate of drug-likeness (QED) is 0.703. The lowest BCUT2D eigenvalue weighted by molar-refractivity contribution is -0.136. The fourth-order valence-corrected chi connectivity index (χ4v) is 3.96. The SMILES string of the molecule is Cn1nc(C2CCCC2)cc1NC(=O)C(=O)NCC1(CO)CC1(C)C. The zero-order chi connectivity index (χ0) is 18.2. The Morgan fingerprint density at radius 1 is 1.32 bits per heavy atom.